The van der Waals surface area contributed by atoms with Crippen molar-refractivity contribution in [2.45, 2.75) is 52.1 Å². The minimum atomic E-state index is -0.00581. The standard InChI is InChI=1S/C13H27N3O/c1-4-5-6-7-15-13(17)12(3)16-9-8-14-10-11(16)2/h11-12,14H,4-10H2,1-3H3,(H,15,17)/t11-,12?/m1/s1. The Balaban J connectivity index is 2.29. The Bertz CT molecular complexity index is 233. The van der Waals surface area contributed by atoms with Gasteiger partial charge in [0.2, 0.25) is 5.91 Å². The summed E-state index contributed by atoms with van der Waals surface area (Å²) in [5, 5.41) is 6.38. The first-order valence-electron chi connectivity index (χ1n) is 6.91. The summed E-state index contributed by atoms with van der Waals surface area (Å²) in [7, 11) is 0. The summed E-state index contributed by atoms with van der Waals surface area (Å²) in [5.41, 5.74) is 0. The second kappa shape index (κ2) is 7.67. The van der Waals surface area contributed by atoms with E-state index in [1.165, 1.54) is 12.8 Å². The van der Waals surface area contributed by atoms with Gasteiger partial charge in [0, 0.05) is 32.2 Å². The van der Waals surface area contributed by atoms with Crippen LogP contribution in [0, 0.1) is 0 Å². The third-order valence-corrected chi connectivity index (χ3v) is 3.51. The SMILES string of the molecule is CCCCCNC(=O)C(C)N1CCNC[C@H]1C. The van der Waals surface area contributed by atoms with Crippen molar-refractivity contribution in [1.29, 1.82) is 0 Å². The molecule has 0 aliphatic carbocycles. The second-order valence-electron chi connectivity index (χ2n) is 4.97. The number of hydrogen-bond donors (Lipinski definition) is 2. The molecule has 1 rings (SSSR count). The molecule has 4 heteroatoms. The molecular formula is C13H27N3O. The number of hydrogen-bond acceptors (Lipinski definition) is 3. The van der Waals surface area contributed by atoms with Crippen LogP contribution in [0.2, 0.25) is 0 Å². The van der Waals surface area contributed by atoms with E-state index in [1.54, 1.807) is 0 Å². The van der Waals surface area contributed by atoms with E-state index >= 15 is 0 Å². The number of piperazine rings is 1. The van der Waals surface area contributed by atoms with Crippen LogP contribution >= 0.6 is 0 Å². The molecule has 2 atom stereocenters. The molecule has 0 bridgehead atoms. The van der Waals surface area contributed by atoms with E-state index in [2.05, 4.69) is 29.4 Å². The molecule has 1 unspecified atom stereocenters. The number of carbonyl (C=O) groups excluding carboxylic acids is 1. The van der Waals surface area contributed by atoms with Gasteiger partial charge in [0.25, 0.3) is 0 Å². The van der Waals surface area contributed by atoms with E-state index in [0.29, 0.717) is 6.04 Å². The van der Waals surface area contributed by atoms with Crippen molar-refractivity contribution in [1.82, 2.24) is 15.5 Å². The highest BCUT2D eigenvalue weighted by molar-refractivity contribution is 5.81. The number of nitrogens with zero attached hydrogens (tertiary/aromatic N) is 1. The van der Waals surface area contributed by atoms with Gasteiger partial charge in [-0.1, -0.05) is 19.8 Å². The van der Waals surface area contributed by atoms with E-state index in [4.69, 9.17) is 0 Å². The average molecular weight is 241 g/mol. The van der Waals surface area contributed by atoms with Crippen LogP contribution in [-0.4, -0.2) is 49.1 Å². The third kappa shape index (κ3) is 4.64. The van der Waals surface area contributed by atoms with Crippen LogP contribution in [0.3, 0.4) is 0 Å². The zero-order valence-corrected chi connectivity index (χ0v) is 11.5. The van der Waals surface area contributed by atoms with Gasteiger partial charge in [0.1, 0.15) is 0 Å². The Morgan fingerprint density at radius 1 is 1.53 bits per heavy atom. The maximum atomic E-state index is 12.0. The molecule has 1 fully saturated rings. The lowest BCUT2D eigenvalue weighted by molar-refractivity contribution is -0.127. The summed E-state index contributed by atoms with van der Waals surface area (Å²) < 4.78 is 0. The molecule has 1 aliphatic rings. The van der Waals surface area contributed by atoms with Crippen LogP contribution in [0.4, 0.5) is 0 Å². The minimum absolute atomic E-state index is 0.00581. The van der Waals surface area contributed by atoms with Gasteiger partial charge in [-0.2, -0.15) is 0 Å². The minimum Gasteiger partial charge on any atom is -0.355 e. The quantitative estimate of drug-likeness (QED) is 0.681. The highest BCUT2D eigenvalue weighted by Gasteiger charge is 2.27. The molecule has 2 N–H and O–H groups in total. The molecular weight excluding hydrogens is 214 g/mol. The van der Waals surface area contributed by atoms with E-state index in [9.17, 15) is 4.79 Å². The Morgan fingerprint density at radius 2 is 2.29 bits per heavy atom. The Hall–Kier alpha value is -0.610. The summed E-state index contributed by atoms with van der Waals surface area (Å²) in [6, 6.07) is 0.439. The topological polar surface area (TPSA) is 44.4 Å². The van der Waals surface area contributed by atoms with Crippen LogP contribution in [0.5, 0.6) is 0 Å². The molecule has 1 aliphatic heterocycles. The first kappa shape index (κ1) is 14.5. The third-order valence-electron chi connectivity index (χ3n) is 3.51. The monoisotopic (exact) mass is 241 g/mol. The van der Waals surface area contributed by atoms with E-state index in [1.807, 2.05) is 6.92 Å². The summed E-state index contributed by atoms with van der Waals surface area (Å²) >= 11 is 0. The van der Waals surface area contributed by atoms with E-state index in [0.717, 1.165) is 32.6 Å². The van der Waals surface area contributed by atoms with Gasteiger partial charge in [0.15, 0.2) is 0 Å². The lowest BCUT2D eigenvalue weighted by Crippen LogP contribution is -2.57. The summed E-state index contributed by atoms with van der Waals surface area (Å²) in [6.45, 7) is 10.1. The predicted octanol–water partition coefficient (Wildman–Crippen LogP) is 0.975. The molecule has 1 heterocycles. The van der Waals surface area contributed by atoms with Crippen LogP contribution < -0.4 is 10.6 Å². The van der Waals surface area contributed by atoms with Crippen LogP contribution in [-0.2, 0) is 4.79 Å². The maximum absolute atomic E-state index is 12.0. The van der Waals surface area contributed by atoms with E-state index in [-0.39, 0.29) is 11.9 Å². The number of carbonyl (C=O) groups is 1. The highest BCUT2D eigenvalue weighted by atomic mass is 16.2. The summed E-state index contributed by atoms with van der Waals surface area (Å²) in [5.74, 6) is 0.176. The van der Waals surface area contributed by atoms with Crippen molar-refractivity contribution in [3.8, 4) is 0 Å². The van der Waals surface area contributed by atoms with Crippen LogP contribution in [0.25, 0.3) is 0 Å². The fraction of sp³-hybridized carbons (Fsp3) is 0.923. The predicted molar refractivity (Wildman–Crippen MR) is 71.0 cm³/mol. The maximum Gasteiger partial charge on any atom is 0.237 e. The first-order chi connectivity index (χ1) is 8.16. The van der Waals surface area contributed by atoms with Crippen LogP contribution in [0.15, 0.2) is 0 Å². The largest absolute Gasteiger partial charge is 0.355 e. The Labute approximate surface area is 105 Å². The van der Waals surface area contributed by atoms with Crippen molar-refractivity contribution < 1.29 is 4.79 Å². The smallest absolute Gasteiger partial charge is 0.237 e. The molecule has 17 heavy (non-hydrogen) atoms. The van der Waals surface area contributed by atoms with Crippen molar-refractivity contribution in [2.24, 2.45) is 0 Å². The number of amides is 1. The normalized spacial score (nSPS) is 23.4. The zero-order valence-electron chi connectivity index (χ0n) is 11.5. The van der Waals surface area contributed by atoms with Crippen molar-refractivity contribution in [2.75, 3.05) is 26.2 Å². The molecule has 100 valence electrons. The van der Waals surface area contributed by atoms with Gasteiger partial charge in [-0.3, -0.25) is 9.69 Å². The Kier molecular flexibility index (Phi) is 6.52. The lowest BCUT2D eigenvalue weighted by Gasteiger charge is -2.37. The summed E-state index contributed by atoms with van der Waals surface area (Å²) in [6.07, 6.45) is 3.48. The van der Waals surface area contributed by atoms with Crippen LogP contribution in [0.1, 0.15) is 40.0 Å². The second-order valence-corrected chi connectivity index (χ2v) is 4.97. The molecule has 0 spiro atoms. The zero-order chi connectivity index (χ0) is 12.7. The molecule has 0 aromatic heterocycles. The van der Waals surface area contributed by atoms with Gasteiger partial charge in [-0.15, -0.1) is 0 Å². The van der Waals surface area contributed by atoms with Gasteiger partial charge < -0.3 is 10.6 Å². The van der Waals surface area contributed by atoms with Crippen molar-refractivity contribution in [3.05, 3.63) is 0 Å². The molecule has 0 radical (unpaired) electrons. The van der Waals surface area contributed by atoms with Gasteiger partial charge in [0.05, 0.1) is 6.04 Å². The van der Waals surface area contributed by atoms with Crippen molar-refractivity contribution >= 4 is 5.91 Å². The lowest BCUT2D eigenvalue weighted by atomic mass is 10.1. The number of rotatable bonds is 6. The fourth-order valence-electron chi connectivity index (χ4n) is 2.32. The fourth-order valence-corrected chi connectivity index (χ4v) is 2.32. The van der Waals surface area contributed by atoms with Gasteiger partial charge in [-0.05, 0) is 20.3 Å². The first-order valence-corrected chi connectivity index (χ1v) is 6.91. The molecule has 1 saturated heterocycles. The number of unbranched alkanes of at least 4 members (excludes halogenated alkanes) is 2. The molecule has 0 aromatic rings. The average Bonchev–Trinajstić information content (AvgIpc) is 2.34. The molecule has 0 aromatic carbocycles. The van der Waals surface area contributed by atoms with Gasteiger partial charge in [-0.25, -0.2) is 0 Å². The highest BCUT2D eigenvalue weighted by Crippen LogP contribution is 2.08. The van der Waals surface area contributed by atoms with Crippen molar-refractivity contribution in [3.63, 3.8) is 0 Å². The van der Waals surface area contributed by atoms with E-state index < -0.39 is 0 Å². The number of nitrogens with one attached hydrogen (secondary N) is 2. The Morgan fingerprint density at radius 3 is 2.94 bits per heavy atom. The molecule has 4 nitrogen and oxygen atoms in total. The molecule has 0 saturated carbocycles. The summed E-state index contributed by atoms with van der Waals surface area (Å²) in [4.78, 5) is 14.3. The van der Waals surface area contributed by atoms with Gasteiger partial charge >= 0.3 is 0 Å². The molecule has 1 amide bonds.